The van der Waals surface area contributed by atoms with Crippen LogP contribution in [-0.2, 0) is 19.1 Å². The first-order chi connectivity index (χ1) is 35.1. The van der Waals surface area contributed by atoms with Crippen LogP contribution in [0.5, 0.6) is 0 Å². The van der Waals surface area contributed by atoms with Crippen LogP contribution in [0.1, 0.15) is 328 Å². The second-order valence-electron chi connectivity index (χ2n) is 21.1. The lowest BCUT2D eigenvalue weighted by Crippen LogP contribution is -2.28. The van der Waals surface area contributed by atoms with E-state index in [9.17, 15) is 14.7 Å². The fraction of sp³-hybridized carbons (Fsp3) is 0.818. The van der Waals surface area contributed by atoms with Crippen molar-refractivity contribution in [2.75, 3.05) is 13.2 Å². The zero-order valence-electron chi connectivity index (χ0n) is 47.5. The topological polar surface area (TPSA) is 72.8 Å². The normalized spacial score (nSPS) is 12.5. The summed E-state index contributed by atoms with van der Waals surface area (Å²) < 4.78 is 10.7. The molecule has 0 saturated heterocycles. The van der Waals surface area contributed by atoms with Crippen molar-refractivity contribution < 1.29 is 24.2 Å². The number of ether oxygens (including phenoxy) is 2. The molecular weight excluding hydrogens is 873 g/mol. The highest BCUT2D eigenvalue weighted by molar-refractivity contribution is 5.70. The quantitative estimate of drug-likeness (QED) is 0.0373. The molecule has 0 amide bonds. The number of allylic oxidation sites excluding steroid dienone is 10. The summed E-state index contributed by atoms with van der Waals surface area (Å²) in [5, 5.41) is 9.68. The molecular formula is C66H120O5. The maximum Gasteiger partial charge on any atom is 0.306 e. The van der Waals surface area contributed by atoms with Crippen LogP contribution in [0.4, 0.5) is 0 Å². The monoisotopic (exact) mass is 993 g/mol. The molecule has 0 aliphatic heterocycles. The third-order valence-corrected chi connectivity index (χ3v) is 14.1. The maximum atomic E-state index is 12.3. The molecule has 0 aromatic carbocycles. The molecule has 0 spiro atoms. The van der Waals surface area contributed by atoms with Gasteiger partial charge in [-0.2, -0.15) is 0 Å². The van der Waals surface area contributed by atoms with E-state index in [1.54, 1.807) is 0 Å². The van der Waals surface area contributed by atoms with E-state index in [0.717, 1.165) is 64.2 Å². The number of carbonyl (C=O) groups is 2. The molecule has 71 heavy (non-hydrogen) atoms. The molecule has 0 radical (unpaired) electrons. The Morgan fingerprint density at radius 1 is 0.338 bits per heavy atom. The lowest BCUT2D eigenvalue weighted by molar-refractivity contribution is -0.161. The van der Waals surface area contributed by atoms with Gasteiger partial charge in [-0.1, -0.05) is 319 Å². The average molecular weight is 994 g/mol. The summed E-state index contributed by atoms with van der Waals surface area (Å²) in [4.78, 5) is 24.6. The molecule has 0 bridgehead atoms. The number of aliphatic hydroxyl groups is 1. The van der Waals surface area contributed by atoms with E-state index in [-0.39, 0.29) is 25.2 Å². The molecule has 1 unspecified atom stereocenters. The average Bonchev–Trinajstić information content (AvgIpc) is 3.37. The van der Waals surface area contributed by atoms with Crippen LogP contribution in [0.15, 0.2) is 60.8 Å². The Bertz CT molecular complexity index is 1210. The van der Waals surface area contributed by atoms with E-state index < -0.39 is 6.10 Å². The van der Waals surface area contributed by atoms with Crippen LogP contribution < -0.4 is 0 Å². The van der Waals surface area contributed by atoms with E-state index >= 15 is 0 Å². The van der Waals surface area contributed by atoms with Crippen molar-refractivity contribution in [2.45, 2.75) is 335 Å². The van der Waals surface area contributed by atoms with Crippen LogP contribution in [-0.4, -0.2) is 36.4 Å². The molecule has 1 atom stereocenters. The van der Waals surface area contributed by atoms with Gasteiger partial charge in [-0.15, -0.1) is 0 Å². The van der Waals surface area contributed by atoms with Crippen molar-refractivity contribution in [3.8, 4) is 0 Å². The van der Waals surface area contributed by atoms with Crippen molar-refractivity contribution in [1.29, 1.82) is 0 Å². The largest absolute Gasteiger partial charge is 0.462 e. The van der Waals surface area contributed by atoms with Gasteiger partial charge in [0.05, 0.1) is 6.61 Å². The fourth-order valence-electron chi connectivity index (χ4n) is 9.41. The van der Waals surface area contributed by atoms with Crippen LogP contribution >= 0.6 is 0 Å². The van der Waals surface area contributed by atoms with Gasteiger partial charge in [0.2, 0.25) is 0 Å². The standard InChI is InChI=1S/C66H120O5/c1-3-5-7-9-11-13-15-17-19-21-23-25-27-29-30-31-32-33-34-35-36-37-39-41-43-45-47-49-51-53-55-57-59-61-66(69)71-64(62-67)63-70-65(68)60-58-56-54-52-50-48-46-44-42-40-38-28-26-24-22-20-18-16-14-12-10-8-6-4-2/h5,7,11,13,17,19,23,25,29-30,64,67H,3-4,6,8-10,12,14-16,18,20-22,24,26-28,31-63H2,1-2H3/b7-5-,13-11-,19-17-,25-23-,30-29-. The maximum absolute atomic E-state index is 12.3. The second-order valence-corrected chi connectivity index (χ2v) is 21.1. The molecule has 5 nitrogen and oxygen atoms in total. The minimum atomic E-state index is -0.771. The zero-order valence-corrected chi connectivity index (χ0v) is 47.5. The summed E-state index contributed by atoms with van der Waals surface area (Å²) in [6.45, 7) is 4.08. The molecule has 0 heterocycles. The van der Waals surface area contributed by atoms with Crippen LogP contribution in [0.25, 0.3) is 0 Å². The van der Waals surface area contributed by atoms with Gasteiger partial charge in [0, 0.05) is 12.8 Å². The first-order valence-electron chi connectivity index (χ1n) is 31.3. The lowest BCUT2D eigenvalue weighted by atomic mass is 10.0. The molecule has 0 rings (SSSR count). The van der Waals surface area contributed by atoms with E-state index in [1.165, 1.54) is 238 Å². The number of hydrogen-bond donors (Lipinski definition) is 1. The Morgan fingerprint density at radius 2 is 0.606 bits per heavy atom. The third kappa shape index (κ3) is 60.1. The molecule has 5 heteroatoms. The van der Waals surface area contributed by atoms with E-state index in [0.29, 0.717) is 12.8 Å². The smallest absolute Gasteiger partial charge is 0.306 e. The van der Waals surface area contributed by atoms with Crippen molar-refractivity contribution in [3.63, 3.8) is 0 Å². The Kier molecular flexibility index (Phi) is 59.8. The molecule has 1 N–H and O–H groups in total. The molecule has 0 saturated carbocycles. The van der Waals surface area contributed by atoms with E-state index in [4.69, 9.17) is 9.47 Å². The minimum absolute atomic E-state index is 0.0611. The number of rotatable bonds is 58. The predicted octanol–water partition coefficient (Wildman–Crippen LogP) is 21.4. The first-order valence-corrected chi connectivity index (χ1v) is 31.3. The Hall–Kier alpha value is -2.40. The van der Waals surface area contributed by atoms with Gasteiger partial charge in [-0.3, -0.25) is 9.59 Å². The Labute approximate surface area is 442 Å². The summed E-state index contributed by atoms with van der Waals surface area (Å²) >= 11 is 0. The highest BCUT2D eigenvalue weighted by Gasteiger charge is 2.16. The second kappa shape index (κ2) is 61.9. The van der Waals surface area contributed by atoms with Gasteiger partial charge in [0.1, 0.15) is 6.61 Å². The van der Waals surface area contributed by atoms with Crippen LogP contribution in [0.2, 0.25) is 0 Å². The summed E-state index contributed by atoms with van der Waals surface area (Å²) in [5.74, 6) is -0.572. The van der Waals surface area contributed by atoms with Gasteiger partial charge >= 0.3 is 11.9 Å². The third-order valence-electron chi connectivity index (χ3n) is 14.1. The van der Waals surface area contributed by atoms with Crippen molar-refractivity contribution in [1.82, 2.24) is 0 Å². The molecule has 414 valence electrons. The molecule has 0 aromatic rings. The fourth-order valence-corrected chi connectivity index (χ4v) is 9.41. The Balaban J connectivity index is 3.43. The van der Waals surface area contributed by atoms with E-state index in [2.05, 4.69) is 74.6 Å². The zero-order chi connectivity index (χ0) is 51.3. The summed E-state index contributed by atoms with van der Waals surface area (Å²) in [6, 6.07) is 0. The van der Waals surface area contributed by atoms with Gasteiger partial charge in [-0.25, -0.2) is 0 Å². The van der Waals surface area contributed by atoms with Gasteiger partial charge in [-0.05, 0) is 57.8 Å². The van der Waals surface area contributed by atoms with Crippen molar-refractivity contribution in [2.24, 2.45) is 0 Å². The molecule has 0 aromatic heterocycles. The molecule has 0 fully saturated rings. The summed E-state index contributed by atoms with van der Waals surface area (Å²) in [7, 11) is 0. The summed E-state index contributed by atoms with van der Waals surface area (Å²) in [5.41, 5.74) is 0. The van der Waals surface area contributed by atoms with Crippen molar-refractivity contribution in [3.05, 3.63) is 60.8 Å². The summed E-state index contributed by atoms with van der Waals surface area (Å²) in [6.07, 6.45) is 83.7. The first kappa shape index (κ1) is 68.6. The van der Waals surface area contributed by atoms with Crippen LogP contribution in [0.3, 0.4) is 0 Å². The number of aliphatic hydroxyl groups excluding tert-OH is 1. The van der Waals surface area contributed by atoms with Gasteiger partial charge in [0.25, 0.3) is 0 Å². The number of unbranched alkanes of at least 4 members (excludes halogenated alkanes) is 40. The highest BCUT2D eigenvalue weighted by Crippen LogP contribution is 2.18. The number of hydrogen-bond acceptors (Lipinski definition) is 5. The van der Waals surface area contributed by atoms with Crippen molar-refractivity contribution >= 4 is 11.9 Å². The van der Waals surface area contributed by atoms with Gasteiger partial charge < -0.3 is 14.6 Å². The van der Waals surface area contributed by atoms with Crippen LogP contribution in [0, 0.1) is 0 Å². The SMILES string of the molecule is CC/C=C\C/C=C\C/C=C\C/C=C\C/C=C\CCCCCCCCCCCCCCCCCCCC(=O)OC(CO)COC(=O)CCCCCCCCCCCCCCCCCCCCCCCCCC. The lowest BCUT2D eigenvalue weighted by Gasteiger charge is -2.15. The minimum Gasteiger partial charge on any atom is -0.462 e. The number of carbonyl (C=O) groups excluding carboxylic acids is 2. The predicted molar refractivity (Wildman–Crippen MR) is 311 cm³/mol. The molecule has 0 aliphatic rings. The van der Waals surface area contributed by atoms with Gasteiger partial charge in [0.15, 0.2) is 6.10 Å². The van der Waals surface area contributed by atoms with E-state index in [1.807, 2.05) is 0 Å². The number of esters is 2. The molecule has 0 aliphatic carbocycles. The highest BCUT2D eigenvalue weighted by atomic mass is 16.6. The Morgan fingerprint density at radius 3 is 0.915 bits per heavy atom.